The van der Waals surface area contributed by atoms with Crippen LogP contribution >= 0.6 is 0 Å². The maximum absolute atomic E-state index is 15.0. The standard InChI is InChI=1S/C24H25FN6O2/c1-14(2)30-6-7-31(21-8-16(32)9-22(33)23(21)25)20-5-4-18-24(17(20)13-30)28-19(11-26-18)15-10-27-29(3)12-15/h4-5,8-12,14,32-33H,6-7,13H2,1-3H3. The number of benzene rings is 2. The summed E-state index contributed by atoms with van der Waals surface area (Å²) in [4.78, 5) is 13.6. The molecule has 0 radical (unpaired) electrons. The molecule has 8 nitrogen and oxygen atoms in total. The van der Waals surface area contributed by atoms with Crippen LogP contribution in [0.5, 0.6) is 11.5 Å². The molecule has 2 N–H and O–H groups in total. The van der Waals surface area contributed by atoms with Crippen molar-refractivity contribution in [1.82, 2.24) is 24.6 Å². The molecule has 9 heteroatoms. The monoisotopic (exact) mass is 448 g/mol. The third-order valence-electron chi connectivity index (χ3n) is 6.10. The smallest absolute Gasteiger partial charge is 0.188 e. The first-order chi connectivity index (χ1) is 15.8. The molecule has 0 spiro atoms. The van der Waals surface area contributed by atoms with Gasteiger partial charge in [-0.1, -0.05) is 0 Å². The molecule has 0 saturated heterocycles. The quantitative estimate of drug-likeness (QED) is 0.491. The molecule has 0 bridgehead atoms. The molecule has 0 amide bonds. The second-order valence-electron chi connectivity index (χ2n) is 8.60. The molecular weight excluding hydrogens is 423 g/mol. The van der Waals surface area contributed by atoms with Crippen LogP contribution in [0, 0.1) is 5.82 Å². The summed E-state index contributed by atoms with van der Waals surface area (Å²) < 4.78 is 16.7. The Balaban J connectivity index is 1.74. The summed E-state index contributed by atoms with van der Waals surface area (Å²) in [6.07, 6.45) is 5.36. The Bertz CT molecular complexity index is 1350. The summed E-state index contributed by atoms with van der Waals surface area (Å²) >= 11 is 0. The SMILES string of the molecule is CC(C)N1CCN(c2cc(O)cc(O)c2F)c2ccc3ncc(-c4cnn(C)c4)nc3c2C1. The number of phenolic OH excluding ortho intramolecular Hbond substituents is 2. The molecule has 1 aliphatic rings. The van der Waals surface area contributed by atoms with Gasteiger partial charge in [-0.05, 0) is 26.0 Å². The third kappa shape index (κ3) is 3.74. The van der Waals surface area contributed by atoms with E-state index >= 15 is 0 Å². The van der Waals surface area contributed by atoms with Crippen molar-refractivity contribution >= 4 is 22.4 Å². The number of nitrogens with zero attached hydrogens (tertiary/aromatic N) is 6. The van der Waals surface area contributed by atoms with Crippen LogP contribution in [0.2, 0.25) is 0 Å². The van der Waals surface area contributed by atoms with Crippen LogP contribution in [-0.4, -0.2) is 54.0 Å². The van der Waals surface area contributed by atoms with Gasteiger partial charge < -0.3 is 15.1 Å². The highest BCUT2D eigenvalue weighted by Crippen LogP contribution is 2.40. The first kappa shape index (κ1) is 21.1. The normalized spacial score (nSPS) is 14.6. The van der Waals surface area contributed by atoms with Crippen LogP contribution in [0.3, 0.4) is 0 Å². The topological polar surface area (TPSA) is 90.5 Å². The molecule has 3 heterocycles. The van der Waals surface area contributed by atoms with Crippen molar-refractivity contribution < 1.29 is 14.6 Å². The van der Waals surface area contributed by atoms with E-state index in [-0.39, 0.29) is 17.5 Å². The molecule has 0 aliphatic carbocycles. The molecule has 2 aromatic heterocycles. The Kier molecular flexibility index (Phi) is 5.13. The van der Waals surface area contributed by atoms with Crippen molar-refractivity contribution in [2.24, 2.45) is 7.05 Å². The first-order valence-electron chi connectivity index (χ1n) is 10.8. The summed E-state index contributed by atoms with van der Waals surface area (Å²) in [5.74, 6) is -1.56. The van der Waals surface area contributed by atoms with Gasteiger partial charge in [0.2, 0.25) is 0 Å². The second kappa shape index (κ2) is 8.00. The first-order valence-corrected chi connectivity index (χ1v) is 10.8. The summed E-state index contributed by atoms with van der Waals surface area (Å²) in [7, 11) is 1.85. The van der Waals surface area contributed by atoms with Crippen LogP contribution in [0.4, 0.5) is 15.8 Å². The van der Waals surface area contributed by atoms with Crippen LogP contribution < -0.4 is 4.90 Å². The summed E-state index contributed by atoms with van der Waals surface area (Å²) in [5.41, 5.74) is 4.85. The molecule has 4 aromatic rings. The highest BCUT2D eigenvalue weighted by molar-refractivity contribution is 5.87. The van der Waals surface area contributed by atoms with Crippen LogP contribution in [-0.2, 0) is 13.6 Å². The minimum absolute atomic E-state index is 0.120. The number of phenols is 2. The Hall–Kier alpha value is -3.72. The van der Waals surface area contributed by atoms with Gasteiger partial charge in [0.1, 0.15) is 5.75 Å². The zero-order valence-electron chi connectivity index (χ0n) is 18.7. The van der Waals surface area contributed by atoms with Crippen LogP contribution in [0.15, 0.2) is 42.9 Å². The molecule has 2 aromatic carbocycles. The fourth-order valence-corrected chi connectivity index (χ4v) is 4.32. The van der Waals surface area contributed by atoms with Gasteiger partial charge in [0, 0.05) is 67.9 Å². The van der Waals surface area contributed by atoms with Crippen molar-refractivity contribution in [3.05, 3.63) is 54.2 Å². The molecular formula is C24H25FN6O2. The van der Waals surface area contributed by atoms with E-state index in [1.165, 1.54) is 6.07 Å². The lowest BCUT2D eigenvalue weighted by atomic mass is 10.1. The molecule has 1 aliphatic heterocycles. The number of hydrogen-bond donors (Lipinski definition) is 2. The van der Waals surface area contributed by atoms with E-state index in [0.29, 0.717) is 25.3 Å². The predicted octanol–water partition coefficient (Wildman–Crippen LogP) is 3.94. The van der Waals surface area contributed by atoms with E-state index in [0.717, 1.165) is 33.9 Å². The van der Waals surface area contributed by atoms with E-state index in [2.05, 4.69) is 28.8 Å². The minimum atomic E-state index is -0.771. The van der Waals surface area contributed by atoms with Gasteiger partial charge in [-0.25, -0.2) is 9.37 Å². The van der Waals surface area contributed by atoms with Crippen molar-refractivity contribution in [3.8, 4) is 22.8 Å². The zero-order chi connectivity index (χ0) is 23.3. The Morgan fingerprint density at radius 1 is 1.06 bits per heavy atom. The number of rotatable bonds is 3. The molecule has 170 valence electrons. The number of anilines is 2. The Labute approximate surface area is 190 Å². The molecule has 0 atom stereocenters. The number of aromatic nitrogens is 4. The largest absolute Gasteiger partial charge is 0.508 e. The van der Waals surface area contributed by atoms with E-state index in [1.807, 2.05) is 25.4 Å². The molecule has 0 fully saturated rings. The second-order valence-corrected chi connectivity index (χ2v) is 8.60. The maximum Gasteiger partial charge on any atom is 0.188 e. The summed E-state index contributed by atoms with van der Waals surface area (Å²) in [6, 6.07) is 6.37. The zero-order valence-corrected chi connectivity index (χ0v) is 18.7. The molecule has 0 saturated carbocycles. The third-order valence-corrected chi connectivity index (χ3v) is 6.10. The number of halogens is 1. The lowest BCUT2D eigenvalue weighted by Gasteiger charge is -2.26. The van der Waals surface area contributed by atoms with Gasteiger partial charge in [0.25, 0.3) is 0 Å². The van der Waals surface area contributed by atoms with Gasteiger partial charge in [-0.15, -0.1) is 0 Å². The lowest BCUT2D eigenvalue weighted by Crippen LogP contribution is -2.34. The Morgan fingerprint density at radius 3 is 2.61 bits per heavy atom. The van der Waals surface area contributed by atoms with Gasteiger partial charge in [0.05, 0.1) is 34.8 Å². The van der Waals surface area contributed by atoms with Crippen LogP contribution in [0.25, 0.3) is 22.3 Å². The average molecular weight is 449 g/mol. The highest BCUT2D eigenvalue weighted by Gasteiger charge is 2.27. The van der Waals surface area contributed by atoms with E-state index in [4.69, 9.17) is 4.98 Å². The van der Waals surface area contributed by atoms with Crippen molar-refractivity contribution in [1.29, 1.82) is 0 Å². The molecule has 33 heavy (non-hydrogen) atoms. The molecule has 5 rings (SSSR count). The van der Waals surface area contributed by atoms with Gasteiger partial charge >= 0.3 is 0 Å². The summed E-state index contributed by atoms with van der Waals surface area (Å²) in [5, 5.41) is 24.3. The fourth-order valence-electron chi connectivity index (χ4n) is 4.32. The molecule has 0 unspecified atom stereocenters. The highest BCUT2D eigenvalue weighted by atomic mass is 19.1. The van der Waals surface area contributed by atoms with Gasteiger partial charge in [-0.3, -0.25) is 14.6 Å². The lowest BCUT2D eigenvalue weighted by molar-refractivity contribution is 0.224. The number of aromatic hydroxyl groups is 2. The van der Waals surface area contributed by atoms with Crippen LogP contribution in [0.1, 0.15) is 19.4 Å². The van der Waals surface area contributed by atoms with Crippen molar-refractivity contribution in [2.45, 2.75) is 26.4 Å². The number of hydrogen-bond acceptors (Lipinski definition) is 7. The average Bonchev–Trinajstić information content (AvgIpc) is 3.11. The number of aryl methyl sites for hydroxylation is 1. The van der Waals surface area contributed by atoms with E-state index < -0.39 is 11.6 Å². The van der Waals surface area contributed by atoms with E-state index in [9.17, 15) is 14.6 Å². The Morgan fingerprint density at radius 2 is 1.88 bits per heavy atom. The summed E-state index contributed by atoms with van der Waals surface area (Å²) in [6.45, 7) is 5.99. The fraction of sp³-hybridized carbons (Fsp3) is 0.292. The number of fused-ring (bicyclic) bond motifs is 3. The maximum atomic E-state index is 15.0. The minimum Gasteiger partial charge on any atom is -0.508 e. The van der Waals surface area contributed by atoms with Crippen molar-refractivity contribution in [3.63, 3.8) is 0 Å². The van der Waals surface area contributed by atoms with Crippen molar-refractivity contribution in [2.75, 3.05) is 18.0 Å². The van der Waals surface area contributed by atoms with Gasteiger partial charge in [0.15, 0.2) is 11.6 Å². The van der Waals surface area contributed by atoms with Gasteiger partial charge in [-0.2, -0.15) is 5.10 Å². The predicted molar refractivity (Wildman–Crippen MR) is 124 cm³/mol. The van der Waals surface area contributed by atoms with E-state index in [1.54, 1.807) is 22.0 Å².